The molecule has 2 atom stereocenters. The summed E-state index contributed by atoms with van der Waals surface area (Å²) < 4.78 is 10.1. The highest BCUT2D eigenvalue weighted by Crippen LogP contribution is 2.43. The van der Waals surface area contributed by atoms with Crippen LogP contribution in [0.3, 0.4) is 0 Å². The van der Waals surface area contributed by atoms with Crippen molar-refractivity contribution in [1.82, 2.24) is 0 Å². The van der Waals surface area contributed by atoms with Crippen LogP contribution in [0.25, 0.3) is 0 Å². The molecule has 0 aromatic rings. The van der Waals surface area contributed by atoms with Crippen LogP contribution in [0.1, 0.15) is 79.6 Å². The van der Waals surface area contributed by atoms with Crippen molar-refractivity contribution in [3.63, 3.8) is 0 Å². The lowest BCUT2D eigenvalue weighted by atomic mass is 9.67. The number of methoxy groups -OCH3 is 2. The molecule has 0 saturated carbocycles. The Hall–Kier alpha value is -1.06. The first-order valence-electron chi connectivity index (χ1n) is 8.82. The molecule has 0 amide bonds. The number of carbonyl (C=O) groups excluding carboxylic acids is 2. The highest BCUT2D eigenvalue weighted by molar-refractivity contribution is 5.80. The molecular weight excluding hydrogens is 292 g/mol. The number of unbranched alkanes of at least 4 members (excludes halogenated alkanes) is 3. The van der Waals surface area contributed by atoms with Gasteiger partial charge in [0, 0.05) is 0 Å². The summed E-state index contributed by atoms with van der Waals surface area (Å²) in [5.74, 6) is -0.121. The van der Waals surface area contributed by atoms with Crippen molar-refractivity contribution in [1.29, 1.82) is 0 Å². The van der Waals surface area contributed by atoms with E-state index in [4.69, 9.17) is 9.47 Å². The van der Waals surface area contributed by atoms with E-state index in [1.165, 1.54) is 14.2 Å². The van der Waals surface area contributed by atoms with Crippen molar-refractivity contribution in [3.8, 4) is 0 Å². The van der Waals surface area contributed by atoms with Crippen molar-refractivity contribution in [2.75, 3.05) is 14.2 Å². The second-order valence-electron chi connectivity index (χ2n) is 7.69. The maximum atomic E-state index is 12.4. The van der Waals surface area contributed by atoms with Gasteiger partial charge in [0.25, 0.3) is 0 Å². The van der Waals surface area contributed by atoms with E-state index < -0.39 is 10.8 Å². The number of esters is 2. The zero-order valence-electron chi connectivity index (χ0n) is 16.2. The minimum atomic E-state index is -0.670. The SMILES string of the molecule is CCCCCCC(C)(CC(C)(CC(C)C)C(=O)OC)C(=O)OC. The number of rotatable bonds is 11. The molecule has 0 heterocycles. The van der Waals surface area contributed by atoms with Crippen molar-refractivity contribution in [2.45, 2.75) is 79.6 Å². The van der Waals surface area contributed by atoms with Gasteiger partial charge < -0.3 is 9.47 Å². The molecule has 0 saturated heterocycles. The molecule has 0 rings (SSSR count). The fourth-order valence-electron chi connectivity index (χ4n) is 3.69. The minimum absolute atomic E-state index is 0.229. The fraction of sp³-hybridized carbons (Fsp3) is 0.895. The normalized spacial score (nSPS) is 16.5. The molecule has 0 fully saturated rings. The van der Waals surface area contributed by atoms with E-state index in [2.05, 4.69) is 20.8 Å². The van der Waals surface area contributed by atoms with Crippen LogP contribution in [-0.4, -0.2) is 26.2 Å². The topological polar surface area (TPSA) is 52.6 Å². The molecule has 0 aliphatic rings. The van der Waals surface area contributed by atoms with Crippen LogP contribution in [0.15, 0.2) is 0 Å². The molecule has 23 heavy (non-hydrogen) atoms. The highest BCUT2D eigenvalue weighted by atomic mass is 16.5. The predicted octanol–water partition coefficient (Wildman–Crippen LogP) is 4.75. The van der Waals surface area contributed by atoms with Crippen molar-refractivity contribution >= 4 is 11.9 Å². The van der Waals surface area contributed by atoms with E-state index in [1.807, 2.05) is 13.8 Å². The van der Waals surface area contributed by atoms with Gasteiger partial charge in [-0.1, -0.05) is 46.5 Å². The van der Waals surface area contributed by atoms with Gasteiger partial charge in [0.05, 0.1) is 25.0 Å². The lowest BCUT2D eigenvalue weighted by molar-refractivity contribution is -0.162. The molecular formula is C19H36O4. The Morgan fingerprint density at radius 1 is 0.913 bits per heavy atom. The van der Waals surface area contributed by atoms with Crippen LogP contribution < -0.4 is 0 Å². The minimum Gasteiger partial charge on any atom is -0.469 e. The summed E-state index contributed by atoms with van der Waals surface area (Å²) in [6, 6.07) is 0. The highest BCUT2D eigenvalue weighted by Gasteiger charge is 2.45. The van der Waals surface area contributed by atoms with Gasteiger partial charge >= 0.3 is 11.9 Å². The van der Waals surface area contributed by atoms with Crippen LogP contribution >= 0.6 is 0 Å². The fourth-order valence-corrected chi connectivity index (χ4v) is 3.69. The molecule has 4 heteroatoms. The first-order valence-corrected chi connectivity index (χ1v) is 8.82. The Labute approximate surface area is 142 Å². The van der Waals surface area contributed by atoms with Gasteiger partial charge in [0.15, 0.2) is 0 Å². The summed E-state index contributed by atoms with van der Waals surface area (Å²) in [6.07, 6.45) is 6.29. The first kappa shape index (κ1) is 21.9. The lowest BCUT2D eigenvalue weighted by Crippen LogP contribution is -2.40. The van der Waals surface area contributed by atoms with Gasteiger partial charge in [-0.2, -0.15) is 0 Å². The van der Waals surface area contributed by atoms with Crippen molar-refractivity contribution < 1.29 is 19.1 Å². The molecule has 2 unspecified atom stereocenters. The van der Waals surface area contributed by atoms with Crippen LogP contribution in [0.2, 0.25) is 0 Å². The molecule has 4 nitrogen and oxygen atoms in total. The second-order valence-corrected chi connectivity index (χ2v) is 7.69. The smallest absolute Gasteiger partial charge is 0.311 e. The van der Waals surface area contributed by atoms with Crippen LogP contribution in [-0.2, 0) is 19.1 Å². The van der Waals surface area contributed by atoms with E-state index in [9.17, 15) is 9.59 Å². The lowest BCUT2D eigenvalue weighted by Gasteiger charge is -2.37. The van der Waals surface area contributed by atoms with Gasteiger partial charge in [-0.3, -0.25) is 9.59 Å². The number of hydrogen-bond donors (Lipinski definition) is 0. The summed E-state index contributed by atoms with van der Waals surface area (Å²) in [6.45, 7) is 10.2. The first-order chi connectivity index (χ1) is 10.6. The van der Waals surface area contributed by atoms with Gasteiger partial charge in [-0.25, -0.2) is 0 Å². The number of ether oxygens (including phenoxy) is 2. The molecule has 0 aromatic carbocycles. The molecule has 0 aliphatic heterocycles. The summed E-state index contributed by atoms with van der Waals surface area (Å²) in [4.78, 5) is 24.8. The summed E-state index contributed by atoms with van der Waals surface area (Å²) in [5.41, 5.74) is -1.32. The maximum absolute atomic E-state index is 12.4. The second kappa shape index (κ2) is 9.94. The standard InChI is InChI=1S/C19H36O4/c1-8-9-10-11-12-18(4,16(20)22-6)14-19(5,13-15(2)3)17(21)23-7/h15H,8-14H2,1-7H3. The summed E-state index contributed by atoms with van der Waals surface area (Å²) in [5, 5.41) is 0. The number of carbonyl (C=O) groups is 2. The quantitative estimate of drug-likeness (QED) is 0.405. The van der Waals surface area contributed by atoms with E-state index in [1.54, 1.807) is 0 Å². The van der Waals surface area contributed by atoms with Gasteiger partial charge in [-0.05, 0) is 39.0 Å². The van der Waals surface area contributed by atoms with Crippen molar-refractivity contribution in [2.24, 2.45) is 16.7 Å². The van der Waals surface area contributed by atoms with Gasteiger partial charge in [-0.15, -0.1) is 0 Å². The van der Waals surface area contributed by atoms with Crippen LogP contribution in [0.5, 0.6) is 0 Å². The van der Waals surface area contributed by atoms with Crippen molar-refractivity contribution in [3.05, 3.63) is 0 Å². The van der Waals surface area contributed by atoms with Gasteiger partial charge in [0.2, 0.25) is 0 Å². The largest absolute Gasteiger partial charge is 0.469 e. The zero-order valence-corrected chi connectivity index (χ0v) is 16.2. The average Bonchev–Trinajstić information content (AvgIpc) is 2.48. The monoisotopic (exact) mass is 328 g/mol. The molecule has 136 valence electrons. The molecule has 0 N–H and O–H groups in total. The average molecular weight is 328 g/mol. The van der Waals surface area contributed by atoms with Gasteiger partial charge in [0.1, 0.15) is 0 Å². The Morgan fingerprint density at radius 2 is 1.43 bits per heavy atom. The molecule has 0 bridgehead atoms. The Balaban J connectivity index is 5.27. The Bertz CT molecular complexity index is 378. The summed E-state index contributed by atoms with van der Waals surface area (Å²) >= 11 is 0. The third kappa shape index (κ3) is 6.92. The third-order valence-corrected chi connectivity index (χ3v) is 4.58. The molecule has 0 aromatic heterocycles. The third-order valence-electron chi connectivity index (χ3n) is 4.58. The predicted molar refractivity (Wildman–Crippen MR) is 93.1 cm³/mol. The van der Waals surface area contributed by atoms with E-state index in [0.717, 1.165) is 32.1 Å². The summed E-state index contributed by atoms with van der Waals surface area (Å²) in [7, 11) is 2.84. The van der Waals surface area contributed by atoms with E-state index in [-0.39, 0.29) is 11.9 Å². The zero-order chi connectivity index (χ0) is 18.1. The Kier molecular flexibility index (Phi) is 9.48. The van der Waals surface area contributed by atoms with Crippen LogP contribution in [0.4, 0.5) is 0 Å². The Morgan fingerprint density at radius 3 is 1.87 bits per heavy atom. The maximum Gasteiger partial charge on any atom is 0.311 e. The molecule has 0 aliphatic carbocycles. The van der Waals surface area contributed by atoms with E-state index in [0.29, 0.717) is 18.8 Å². The number of hydrogen-bond acceptors (Lipinski definition) is 4. The van der Waals surface area contributed by atoms with Crippen LogP contribution in [0, 0.1) is 16.7 Å². The molecule has 0 radical (unpaired) electrons. The van der Waals surface area contributed by atoms with E-state index >= 15 is 0 Å². The molecule has 0 spiro atoms.